The van der Waals surface area contributed by atoms with Gasteiger partial charge in [-0.15, -0.1) is 24.2 Å². The van der Waals surface area contributed by atoms with Gasteiger partial charge in [0.15, 0.2) is 0 Å². The average Bonchev–Trinajstić information content (AvgIpc) is 2.65. The van der Waals surface area contributed by atoms with E-state index in [1.807, 2.05) is 54.6 Å². The Labute approximate surface area is 166 Å². The van der Waals surface area contributed by atoms with Crippen molar-refractivity contribution in [2.24, 2.45) is 11.7 Å². The van der Waals surface area contributed by atoms with E-state index >= 15 is 0 Å². The molecule has 0 saturated heterocycles. The van der Waals surface area contributed by atoms with Crippen molar-refractivity contribution in [3.63, 3.8) is 0 Å². The standard InChI is InChI=1S/C20H26N2O2S.ClH/c1-15(14-25-19-11-7-6-10-18(19)24-2)13-22-20(23)12-17(21)16-8-4-3-5-9-16;/h3-11,15,17H,12-14,21H2,1-2H3,(H,22,23);1H. The van der Waals surface area contributed by atoms with E-state index in [9.17, 15) is 4.79 Å². The maximum atomic E-state index is 12.1. The first-order chi connectivity index (χ1) is 12.1. The van der Waals surface area contributed by atoms with Crippen molar-refractivity contribution in [3.8, 4) is 5.75 Å². The third-order valence-electron chi connectivity index (χ3n) is 3.87. The Morgan fingerprint density at radius 2 is 1.81 bits per heavy atom. The van der Waals surface area contributed by atoms with Crippen LogP contribution in [0.5, 0.6) is 5.75 Å². The molecule has 0 aromatic heterocycles. The van der Waals surface area contributed by atoms with Crippen molar-refractivity contribution < 1.29 is 9.53 Å². The summed E-state index contributed by atoms with van der Waals surface area (Å²) in [6.45, 7) is 2.77. The van der Waals surface area contributed by atoms with Crippen molar-refractivity contribution in [3.05, 3.63) is 60.2 Å². The highest BCUT2D eigenvalue weighted by atomic mass is 35.5. The number of hydrogen-bond donors (Lipinski definition) is 2. The molecular weight excluding hydrogens is 368 g/mol. The maximum absolute atomic E-state index is 12.1. The largest absolute Gasteiger partial charge is 0.496 e. The molecular formula is C20H27ClN2O2S. The van der Waals surface area contributed by atoms with Crippen molar-refractivity contribution >= 4 is 30.1 Å². The van der Waals surface area contributed by atoms with Crippen molar-refractivity contribution in [1.82, 2.24) is 5.32 Å². The van der Waals surface area contributed by atoms with E-state index in [0.717, 1.165) is 22.0 Å². The molecule has 2 rings (SSSR count). The molecule has 1 amide bonds. The molecule has 2 aromatic carbocycles. The zero-order chi connectivity index (χ0) is 18.1. The summed E-state index contributed by atoms with van der Waals surface area (Å²) in [5.41, 5.74) is 7.07. The van der Waals surface area contributed by atoms with Gasteiger partial charge >= 0.3 is 0 Å². The molecule has 0 aliphatic carbocycles. The number of halogens is 1. The Morgan fingerprint density at radius 1 is 1.15 bits per heavy atom. The van der Waals surface area contributed by atoms with E-state index < -0.39 is 0 Å². The summed E-state index contributed by atoms with van der Waals surface area (Å²) < 4.78 is 5.36. The lowest BCUT2D eigenvalue weighted by molar-refractivity contribution is -0.121. The predicted molar refractivity (Wildman–Crippen MR) is 111 cm³/mol. The van der Waals surface area contributed by atoms with E-state index in [1.54, 1.807) is 18.9 Å². The summed E-state index contributed by atoms with van der Waals surface area (Å²) in [6, 6.07) is 17.4. The smallest absolute Gasteiger partial charge is 0.221 e. The first-order valence-electron chi connectivity index (χ1n) is 8.43. The van der Waals surface area contributed by atoms with E-state index in [1.165, 1.54) is 0 Å². The molecule has 0 spiro atoms. The van der Waals surface area contributed by atoms with Gasteiger partial charge in [0, 0.05) is 29.7 Å². The van der Waals surface area contributed by atoms with Crippen LogP contribution in [0.2, 0.25) is 0 Å². The first kappa shape index (κ1) is 22.4. The van der Waals surface area contributed by atoms with Gasteiger partial charge in [-0.05, 0) is 23.6 Å². The molecule has 142 valence electrons. The van der Waals surface area contributed by atoms with Crippen molar-refractivity contribution in [2.45, 2.75) is 24.3 Å². The number of amides is 1. The van der Waals surface area contributed by atoms with E-state index in [0.29, 0.717) is 18.9 Å². The minimum atomic E-state index is -0.264. The zero-order valence-corrected chi connectivity index (χ0v) is 16.8. The Bertz CT molecular complexity index is 670. The third kappa shape index (κ3) is 7.28. The number of ether oxygens (including phenoxy) is 1. The molecule has 2 aromatic rings. The number of benzene rings is 2. The topological polar surface area (TPSA) is 64.3 Å². The Morgan fingerprint density at radius 3 is 2.50 bits per heavy atom. The van der Waals surface area contributed by atoms with E-state index in [2.05, 4.69) is 12.2 Å². The molecule has 0 heterocycles. The van der Waals surface area contributed by atoms with Crippen LogP contribution in [0.1, 0.15) is 24.9 Å². The minimum Gasteiger partial charge on any atom is -0.496 e. The Hall–Kier alpha value is -1.69. The number of nitrogens with two attached hydrogens (primary N) is 1. The van der Waals surface area contributed by atoms with Crippen molar-refractivity contribution in [1.29, 1.82) is 0 Å². The summed E-state index contributed by atoms with van der Waals surface area (Å²) in [7, 11) is 1.68. The van der Waals surface area contributed by atoms with Gasteiger partial charge in [-0.1, -0.05) is 49.4 Å². The molecule has 6 heteroatoms. The average molecular weight is 395 g/mol. The second-order valence-electron chi connectivity index (χ2n) is 6.09. The monoisotopic (exact) mass is 394 g/mol. The van der Waals surface area contributed by atoms with Gasteiger partial charge in [-0.3, -0.25) is 4.79 Å². The quantitative estimate of drug-likeness (QED) is 0.629. The lowest BCUT2D eigenvalue weighted by Crippen LogP contribution is -2.31. The second-order valence-corrected chi connectivity index (χ2v) is 7.15. The molecule has 0 saturated carbocycles. The van der Waals surface area contributed by atoms with Crippen molar-refractivity contribution in [2.75, 3.05) is 19.4 Å². The van der Waals surface area contributed by atoms with Crippen LogP contribution in [0.15, 0.2) is 59.5 Å². The van der Waals surface area contributed by atoms with Crippen LogP contribution in [-0.2, 0) is 4.79 Å². The number of rotatable bonds is 9. The van der Waals surface area contributed by atoms with Crippen LogP contribution in [-0.4, -0.2) is 25.3 Å². The maximum Gasteiger partial charge on any atom is 0.221 e. The van der Waals surface area contributed by atoms with Crippen LogP contribution in [0.3, 0.4) is 0 Å². The molecule has 0 aliphatic rings. The van der Waals surface area contributed by atoms with Crippen LogP contribution >= 0.6 is 24.2 Å². The molecule has 4 nitrogen and oxygen atoms in total. The van der Waals surface area contributed by atoms with Gasteiger partial charge in [-0.2, -0.15) is 0 Å². The van der Waals surface area contributed by atoms with Gasteiger partial charge in [-0.25, -0.2) is 0 Å². The lowest BCUT2D eigenvalue weighted by atomic mass is 10.0. The molecule has 0 aliphatic heterocycles. The Kier molecular flexibility index (Phi) is 10.2. The van der Waals surface area contributed by atoms with Crippen LogP contribution in [0, 0.1) is 5.92 Å². The number of carbonyl (C=O) groups is 1. The lowest BCUT2D eigenvalue weighted by Gasteiger charge is -2.15. The van der Waals surface area contributed by atoms with Gasteiger partial charge in [0.2, 0.25) is 5.91 Å². The van der Waals surface area contributed by atoms with E-state index in [-0.39, 0.29) is 24.4 Å². The Balaban J connectivity index is 0.00000338. The molecule has 2 unspecified atom stereocenters. The molecule has 3 N–H and O–H groups in total. The fourth-order valence-electron chi connectivity index (χ4n) is 2.41. The highest BCUT2D eigenvalue weighted by molar-refractivity contribution is 7.99. The molecule has 0 bridgehead atoms. The molecule has 0 radical (unpaired) electrons. The molecule has 26 heavy (non-hydrogen) atoms. The summed E-state index contributed by atoms with van der Waals surface area (Å²) >= 11 is 1.74. The van der Waals surface area contributed by atoms with Gasteiger partial charge < -0.3 is 15.8 Å². The number of para-hydroxylation sites is 1. The fourth-order valence-corrected chi connectivity index (χ4v) is 3.46. The summed E-state index contributed by atoms with van der Waals surface area (Å²) in [5.74, 6) is 2.14. The van der Waals surface area contributed by atoms with Crippen LogP contribution in [0.25, 0.3) is 0 Å². The highest BCUT2D eigenvalue weighted by Gasteiger charge is 2.13. The van der Waals surface area contributed by atoms with Gasteiger partial charge in [0.1, 0.15) is 5.75 Å². The van der Waals surface area contributed by atoms with Crippen LogP contribution in [0.4, 0.5) is 0 Å². The normalized spacial score (nSPS) is 12.6. The fraction of sp³-hybridized carbons (Fsp3) is 0.350. The summed E-state index contributed by atoms with van der Waals surface area (Å²) in [5, 5.41) is 2.98. The highest BCUT2D eigenvalue weighted by Crippen LogP contribution is 2.29. The summed E-state index contributed by atoms with van der Waals surface area (Å²) in [6.07, 6.45) is 0.302. The SMILES string of the molecule is COc1ccccc1SCC(C)CNC(=O)CC(N)c1ccccc1.Cl. The van der Waals surface area contributed by atoms with Gasteiger partial charge in [0.05, 0.1) is 7.11 Å². The van der Waals surface area contributed by atoms with E-state index in [4.69, 9.17) is 10.5 Å². The van der Waals surface area contributed by atoms with Crippen LogP contribution < -0.4 is 15.8 Å². The number of methoxy groups -OCH3 is 1. The number of nitrogens with one attached hydrogen (secondary N) is 1. The number of carbonyl (C=O) groups excluding carboxylic acids is 1. The first-order valence-corrected chi connectivity index (χ1v) is 9.41. The van der Waals surface area contributed by atoms with Gasteiger partial charge in [0.25, 0.3) is 0 Å². The zero-order valence-electron chi connectivity index (χ0n) is 15.2. The second kappa shape index (κ2) is 11.8. The minimum absolute atomic E-state index is 0. The predicted octanol–water partition coefficient (Wildman–Crippen LogP) is 4.05. The molecule has 2 atom stereocenters. The number of thioether (sulfide) groups is 1. The molecule has 0 fully saturated rings. The third-order valence-corrected chi connectivity index (χ3v) is 5.26. The number of hydrogen-bond acceptors (Lipinski definition) is 4. The summed E-state index contributed by atoms with van der Waals surface area (Å²) in [4.78, 5) is 13.2.